The zero-order valence-electron chi connectivity index (χ0n) is 14.9. The number of nitrogens with one attached hydrogen (secondary N) is 1. The summed E-state index contributed by atoms with van der Waals surface area (Å²) < 4.78 is 7.39. The second-order valence-corrected chi connectivity index (χ2v) is 6.68. The van der Waals surface area contributed by atoms with Crippen molar-refractivity contribution in [3.05, 3.63) is 94.3 Å². The Balaban J connectivity index is 1.92. The zero-order valence-corrected chi connectivity index (χ0v) is 14.9. The second kappa shape index (κ2) is 6.02. The molecule has 1 N–H and O–H groups in total. The first-order valence-electron chi connectivity index (χ1n) is 8.92. The molecule has 4 heteroatoms. The maximum Gasteiger partial charge on any atom is 0.273 e. The average Bonchev–Trinajstić information content (AvgIpc) is 3.04. The Morgan fingerprint density at radius 2 is 1.70 bits per heavy atom. The number of hydrogen-bond donors (Lipinski definition) is 1. The Morgan fingerprint density at radius 3 is 2.52 bits per heavy atom. The molecular formula is C23H18N2O2. The van der Waals surface area contributed by atoms with Crippen LogP contribution in [0.1, 0.15) is 11.1 Å². The summed E-state index contributed by atoms with van der Waals surface area (Å²) in [4.78, 5) is 16.1. The van der Waals surface area contributed by atoms with E-state index in [-0.39, 0.29) is 5.56 Å². The summed E-state index contributed by atoms with van der Waals surface area (Å²) in [6.45, 7) is 0. The van der Waals surface area contributed by atoms with Crippen molar-refractivity contribution in [2.45, 2.75) is 6.42 Å². The lowest BCUT2D eigenvalue weighted by Crippen LogP contribution is -2.11. The van der Waals surface area contributed by atoms with Crippen LogP contribution in [0.25, 0.3) is 27.5 Å². The van der Waals surface area contributed by atoms with Gasteiger partial charge < -0.3 is 14.1 Å². The van der Waals surface area contributed by atoms with Crippen molar-refractivity contribution >= 4 is 27.5 Å². The number of aromatic nitrogens is 2. The molecule has 3 aromatic carbocycles. The Hall–Kier alpha value is -3.53. The Kier molecular flexibility index (Phi) is 3.50. The first-order chi connectivity index (χ1) is 13.3. The first-order valence-corrected chi connectivity index (χ1v) is 8.92. The molecule has 2 aromatic heterocycles. The second-order valence-electron chi connectivity index (χ2n) is 6.68. The van der Waals surface area contributed by atoms with Crippen LogP contribution >= 0.6 is 0 Å². The molecule has 132 valence electrons. The van der Waals surface area contributed by atoms with E-state index in [1.165, 1.54) is 5.56 Å². The smallest absolute Gasteiger partial charge is 0.273 e. The highest BCUT2D eigenvalue weighted by atomic mass is 16.5. The number of H-pyrrole nitrogens is 1. The van der Waals surface area contributed by atoms with Crippen molar-refractivity contribution in [2.75, 3.05) is 7.11 Å². The number of nitrogens with zero attached hydrogens (tertiary/aromatic N) is 1. The standard InChI is InChI=1S/C23H18N2O2/c1-27-16-11-12-21-19(14-16)24-23(26)22-18(13-15-7-3-2-4-8-15)17-9-5-6-10-20(17)25(21)22/h2-12,14H,13H2,1H3,(H,24,26). The molecule has 5 rings (SSSR count). The molecular weight excluding hydrogens is 336 g/mol. The van der Waals surface area contributed by atoms with Gasteiger partial charge in [-0.05, 0) is 29.3 Å². The summed E-state index contributed by atoms with van der Waals surface area (Å²) in [5.74, 6) is 0.721. The third-order valence-corrected chi connectivity index (χ3v) is 5.11. The van der Waals surface area contributed by atoms with E-state index in [1.54, 1.807) is 7.11 Å². The largest absolute Gasteiger partial charge is 0.497 e. The average molecular weight is 354 g/mol. The van der Waals surface area contributed by atoms with Gasteiger partial charge in [-0.2, -0.15) is 0 Å². The van der Waals surface area contributed by atoms with E-state index in [4.69, 9.17) is 4.74 Å². The fourth-order valence-corrected chi connectivity index (χ4v) is 3.89. The number of rotatable bonds is 3. The van der Waals surface area contributed by atoms with Crippen LogP contribution in [0.15, 0.2) is 77.6 Å². The molecule has 0 amide bonds. The first kappa shape index (κ1) is 15.7. The summed E-state index contributed by atoms with van der Waals surface area (Å²) in [5, 5.41) is 1.11. The van der Waals surface area contributed by atoms with E-state index in [1.807, 2.05) is 48.5 Å². The van der Waals surface area contributed by atoms with Crippen molar-refractivity contribution < 1.29 is 4.74 Å². The van der Waals surface area contributed by atoms with E-state index in [2.05, 4.69) is 33.7 Å². The molecule has 0 atom stereocenters. The van der Waals surface area contributed by atoms with Crippen molar-refractivity contribution in [1.29, 1.82) is 0 Å². The predicted octanol–water partition coefficient (Wildman–Crippen LogP) is 4.53. The summed E-state index contributed by atoms with van der Waals surface area (Å²) in [5.41, 5.74) is 5.62. The van der Waals surface area contributed by atoms with E-state index in [9.17, 15) is 4.79 Å². The quantitative estimate of drug-likeness (QED) is 0.517. The molecule has 0 bridgehead atoms. The van der Waals surface area contributed by atoms with Crippen molar-refractivity contribution in [2.24, 2.45) is 0 Å². The van der Waals surface area contributed by atoms with Crippen LogP contribution in [0.2, 0.25) is 0 Å². The van der Waals surface area contributed by atoms with Gasteiger partial charge in [0.15, 0.2) is 0 Å². The van der Waals surface area contributed by atoms with Crippen LogP contribution < -0.4 is 10.3 Å². The number of para-hydroxylation sites is 1. The fraction of sp³-hybridized carbons (Fsp3) is 0.0870. The molecule has 5 aromatic rings. The summed E-state index contributed by atoms with van der Waals surface area (Å²) >= 11 is 0. The number of benzene rings is 3. The SMILES string of the molecule is COc1ccc2c(c1)[nH]c(=O)c1c(Cc3ccccc3)c3ccccc3n12. The lowest BCUT2D eigenvalue weighted by molar-refractivity contribution is 0.415. The Morgan fingerprint density at radius 1 is 0.926 bits per heavy atom. The minimum atomic E-state index is -0.0853. The highest BCUT2D eigenvalue weighted by Crippen LogP contribution is 2.30. The number of hydrogen-bond acceptors (Lipinski definition) is 2. The van der Waals surface area contributed by atoms with Crippen LogP contribution in [0.4, 0.5) is 0 Å². The topological polar surface area (TPSA) is 46.5 Å². The minimum absolute atomic E-state index is 0.0853. The molecule has 0 spiro atoms. The fourth-order valence-electron chi connectivity index (χ4n) is 3.89. The van der Waals surface area contributed by atoms with Gasteiger partial charge in [0.1, 0.15) is 11.3 Å². The number of aromatic amines is 1. The molecule has 0 aliphatic heterocycles. The minimum Gasteiger partial charge on any atom is -0.497 e. The van der Waals surface area contributed by atoms with Gasteiger partial charge in [0, 0.05) is 17.9 Å². The molecule has 0 saturated heterocycles. The van der Waals surface area contributed by atoms with Crippen molar-refractivity contribution in [1.82, 2.24) is 9.38 Å². The normalized spacial score (nSPS) is 11.4. The van der Waals surface area contributed by atoms with Crippen LogP contribution in [-0.2, 0) is 6.42 Å². The van der Waals surface area contributed by atoms with E-state index in [0.717, 1.165) is 33.2 Å². The summed E-state index contributed by atoms with van der Waals surface area (Å²) in [6.07, 6.45) is 0.711. The van der Waals surface area contributed by atoms with Gasteiger partial charge in [-0.1, -0.05) is 48.5 Å². The van der Waals surface area contributed by atoms with E-state index >= 15 is 0 Å². The molecule has 2 heterocycles. The summed E-state index contributed by atoms with van der Waals surface area (Å²) in [7, 11) is 1.63. The van der Waals surface area contributed by atoms with Crippen LogP contribution in [-0.4, -0.2) is 16.5 Å². The third kappa shape index (κ3) is 2.41. The maximum absolute atomic E-state index is 13.1. The van der Waals surface area contributed by atoms with Gasteiger partial charge in [0.25, 0.3) is 5.56 Å². The van der Waals surface area contributed by atoms with Crippen LogP contribution in [0.3, 0.4) is 0 Å². The van der Waals surface area contributed by atoms with Crippen molar-refractivity contribution in [3.63, 3.8) is 0 Å². The molecule has 0 fully saturated rings. The van der Waals surface area contributed by atoms with Crippen LogP contribution in [0, 0.1) is 0 Å². The van der Waals surface area contributed by atoms with Gasteiger partial charge in [0.2, 0.25) is 0 Å². The molecule has 27 heavy (non-hydrogen) atoms. The molecule has 0 saturated carbocycles. The van der Waals surface area contributed by atoms with Gasteiger partial charge >= 0.3 is 0 Å². The van der Waals surface area contributed by atoms with Crippen molar-refractivity contribution in [3.8, 4) is 5.75 Å². The van der Waals surface area contributed by atoms with Gasteiger partial charge in [-0.15, -0.1) is 0 Å². The molecule has 0 radical (unpaired) electrons. The lowest BCUT2D eigenvalue weighted by Gasteiger charge is -2.07. The van der Waals surface area contributed by atoms with E-state index in [0.29, 0.717) is 11.9 Å². The Labute approximate surface area is 155 Å². The molecule has 0 unspecified atom stereocenters. The van der Waals surface area contributed by atoms with Gasteiger partial charge in [-0.3, -0.25) is 4.79 Å². The maximum atomic E-state index is 13.1. The Bertz CT molecular complexity index is 1350. The van der Waals surface area contributed by atoms with Gasteiger partial charge in [0.05, 0.1) is 23.7 Å². The third-order valence-electron chi connectivity index (χ3n) is 5.11. The van der Waals surface area contributed by atoms with Crippen LogP contribution in [0.5, 0.6) is 5.75 Å². The summed E-state index contributed by atoms with van der Waals surface area (Å²) in [6, 6.07) is 24.2. The molecule has 0 aliphatic carbocycles. The number of ether oxygens (including phenoxy) is 1. The predicted molar refractivity (Wildman–Crippen MR) is 109 cm³/mol. The number of methoxy groups -OCH3 is 1. The van der Waals surface area contributed by atoms with Gasteiger partial charge in [-0.25, -0.2) is 0 Å². The highest BCUT2D eigenvalue weighted by Gasteiger charge is 2.17. The molecule has 4 nitrogen and oxygen atoms in total. The van der Waals surface area contributed by atoms with E-state index < -0.39 is 0 Å². The number of fused-ring (bicyclic) bond motifs is 5. The monoisotopic (exact) mass is 354 g/mol. The zero-order chi connectivity index (χ0) is 18.4. The lowest BCUT2D eigenvalue weighted by atomic mass is 10.0. The highest BCUT2D eigenvalue weighted by molar-refractivity contribution is 5.97. The molecule has 0 aliphatic rings.